The molecular formula is C14H16F3N7O. The summed E-state index contributed by atoms with van der Waals surface area (Å²) in [5, 5.41) is 17.7. The third kappa shape index (κ3) is 2.90. The van der Waals surface area contributed by atoms with Gasteiger partial charge in [-0.3, -0.25) is 4.68 Å². The Morgan fingerprint density at radius 2 is 1.96 bits per heavy atom. The second-order valence-electron chi connectivity index (χ2n) is 5.62. The van der Waals surface area contributed by atoms with Gasteiger partial charge in [0.05, 0.1) is 11.6 Å². The minimum absolute atomic E-state index is 0.177. The summed E-state index contributed by atoms with van der Waals surface area (Å²) in [6.45, 7) is -0.177. The van der Waals surface area contributed by atoms with E-state index < -0.39 is 24.0 Å². The Balaban J connectivity index is 1.82. The monoisotopic (exact) mass is 355 g/mol. The third-order valence-corrected chi connectivity index (χ3v) is 3.97. The molecule has 0 spiro atoms. The van der Waals surface area contributed by atoms with Gasteiger partial charge in [-0.25, -0.2) is 15.0 Å². The van der Waals surface area contributed by atoms with E-state index in [-0.39, 0.29) is 6.54 Å². The van der Waals surface area contributed by atoms with E-state index >= 15 is 0 Å². The fraction of sp³-hybridized carbons (Fsp3) is 0.429. The van der Waals surface area contributed by atoms with Crippen LogP contribution in [0.4, 0.5) is 19.0 Å². The number of halogens is 3. The highest BCUT2D eigenvalue weighted by atomic mass is 19.4. The summed E-state index contributed by atoms with van der Waals surface area (Å²) in [6.07, 6.45) is -0.129. The van der Waals surface area contributed by atoms with Crippen molar-refractivity contribution in [3.63, 3.8) is 0 Å². The lowest BCUT2D eigenvalue weighted by Crippen LogP contribution is -2.45. The molecule has 0 saturated carbocycles. The van der Waals surface area contributed by atoms with Gasteiger partial charge in [0.25, 0.3) is 0 Å². The summed E-state index contributed by atoms with van der Waals surface area (Å²) in [7, 11) is 3.10. The number of anilines is 1. The molecule has 0 amide bonds. The number of hydrogen-bond acceptors (Lipinski definition) is 6. The minimum Gasteiger partial charge on any atom is -0.374 e. The van der Waals surface area contributed by atoms with Crippen molar-refractivity contribution >= 4 is 16.9 Å². The minimum atomic E-state index is -4.87. The first-order valence-corrected chi connectivity index (χ1v) is 7.37. The third-order valence-electron chi connectivity index (χ3n) is 3.97. The van der Waals surface area contributed by atoms with Crippen molar-refractivity contribution in [1.82, 2.24) is 29.3 Å². The first-order valence-electron chi connectivity index (χ1n) is 7.37. The number of aryl methyl sites for hydroxylation is 2. The summed E-state index contributed by atoms with van der Waals surface area (Å²) in [6, 6.07) is 0. The number of imidazole rings is 1. The van der Waals surface area contributed by atoms with Crippen molar-refractivity contribution in [2.75, 3.05) is 11.9 Å². The van der Waals surface area contributed by atoms with E-state index in [2.05, 4.69) is 25.4 Å². The summed E-state index contributed by atoms with van der Waals surface area (Å²) < 4.78 is 43.1. The van der Waals surface area contributed by atoms with E-state index in [1.807, 2.05) is 0 Å². The van der Waals surface area contributed by atoms with Crippen LogP contribution < -0.4 is 5.32 Å². The Bertz CT molecular complexity index is 888. The number of rotatable bonds is 5. The molecule has 25 heavy (non-hydrogen) atoms. The number of nitrogens with zero attached hydrogens (tertiary/aromatic N) is 6. The Labute approximate surface area is 140 Å². The van der Waals surface area contributed by atoms with Gasteiger partial charge in [-0.2, -0.15) is 18.3 Å². The molecule has 0 bridgehead atoms. The molecule has 8 nitrogen and oxygen atoms in total. The van der Waals surface area contributed by atoms with Gasteiger partial charge < -0.3 is 15.0 Å². The van der Waals surface area contributed by atoms with Crippen LogP contribution in [0.2, 0.25) is 0 Å². The molecule has 3 rings (SSSR count). The topological polar surface area (TPSA) is 93.7 Å². The zero-order valence-corrected chi connectivity index (χ0v) is 13.5. The smallest absolute Gasteiger partial charge is 0.374 e. The van der Waals surface area contributed by atoms with Gasteiger partial charge in [-0.15, -0.1) is 0 Å². The van der Waals surface area contributed by atoms with Crippen LogP contribution in [0, 0.1) is 0 Å². The number of aromatic nitrogens is 6. The molecule has 0 aliphatic rings. The van der Waals surface area contributed by atoms with Crippen LogP contribution in [-0.2, 0) is 19.7 Å². The van der Waals surface area contributed by atoms with Gasteiger partial charge >= 0.3 is 6.18 Å². The fourth-order valence-electron chi connectivity index (χ4n) is 2.61. The number of aliphatic hydroxyl groups is 1. The van der Waals surface area contributed by atoms with Gasteiger partial charge in [-0.05, 0) is 0 Å². The van der Waals surface area contributed by atoms with E-state index in [4.69, 9.17) is 0 Å². The van der Waals surface area contributed by atoms with Crippen LogP contribution in [0.25, 0.3) is 11.0 Å². The Hall–Kier alpha value is -2.69. The van der Waals surface area contributed by atoms with E-state index in [0.717, 1.165) is 4.57 Å². The summed E-state index contributed by atoms with van der Waals surface area (Å²) in [5.74, 6) is -0.113. The van der Waals surface area contributed by atoms with Gasteiger partial charge in [0.2, 0.25) is 5.60 Å². The first kappa shape index (κ1) is 17.1. The van der Waals surface area contributed by atoms with Crippen molar-refractivity contribution < 1.29 is 18.3 Å². The maximum absolute atomic E-state index is 13.5. The predicted molar refractivity (Wildman–Crippen MR) is 82.6 cm³/mol. The average Bonchev–Trinajstić information content (AvgIpc) is 3.13. The van der Waals surface area contributed by atoms with E-state index in [9.17, 15) is 18.3 Å². The quantitative estimate of drug-likeness (QED) is 0.718. The largest absolute Gasteiger partial charge is 0.424 e. The van der Waals surface area contributed by atoms with Crippen LogP contribution in [0.3, 0.4) is 0 Å². The van der Waals surface area contributed by atoms with Gasteiger partial charge in [0.1, 0.15) is 18.0 Å². The normalized spacial score (nSPS) is 14.6. The summed E-state index contributed by atoms with van der Waals surface area (Å²) in [4.78, 5) is 11.7. The number of fused-ring (bicyclic) bond motifs is 1. The molecule has 11 heteroatoms. The maximum atomic E-state index is 13.5. The molecule has 0 fully saturated rings. The fourth-order valence-corrected chi connectivity index (χ4v) is 2.61. The highest BCUT2D eigenvalue weighted by molar-refractivity contribution is 5.85. The average molecular weight is 355 g/mol. The molecule has 0 aromatic carbocycles. The highest BCUT2D eigenvalue weighted by Gasteiger charge is 2.57. The summed E-state index contributed by atoms with van der Waals surface area (Å²) in [5.41, 5.74) is -2.52. The Morgan fingerprint density at radius 1 is 1.20 bits per heavy atom. The summed E-state index contributed by atoms with van der Waals surface area (Å²) >= 11 is 0. The lowest BCUT2D eigenvalue weighted by atomic mass is 9.97. The SMILES string of the molecule is Cn1ccnc1C(O)(CCNc1ncnc2c1cnn2C)C(F)(F)F. The number of hydrogen-bond donors (Lipinski definition) is 2. The van der Waals surface area contributed by atoms with E-state index in [0.29, 0.717) is 16.9 Å². The second-order valence-corrected chi connectivity index (χ2v) is 5.62. The molecule has 0 radical (unpaired) electrons. The maximum Gasteiger partial charge on any atom is 0.424 e. The zero-order chi connectivity index (χ0) is 18.2. The molecule has 0 saturated heterocycles. The number of alkyl halides is 3. The van der Waals surface area contributed by atoms with E-state index in [1.165, 1.54) is 36.6 Å². The van der Waals surface area contributed by atoms with Gasteiger partial charge in [0, 0.05) is 39.5 Å². The molecule has 0 aliphatic carbocycles. The molecule has 3 aromatic rings. The molecule has 134 valence electrons. The first-order chi connectivity index (χ1) is 11.7. The van der Waals surface area contributed by atoms with Crippen LogP contribution in [-0.4, -0.2) is 47.1 Å². The Morgan fingerprint density at radius 3 is 2.60 bits per heavy atom. The Kier molecular flexibility index (Phi) is 4.11. The lowest BCUT2D eigenvalue weighted by Gasteiger charge is -2.30. The van der Waals surface area contributed by atoms with Crippen LogP contribution in [0.15, 0.2) is 24.9 Å². The highest BCUT2D eigenvalue weighted by Crippen LogP contribution is 2.40. The molecule has 3 aromatic heterocycles. The van der Waals surface area contributed by atoms with Crippen LogP contribution in [0.5, 0.6) is 0 Å². The van der Waals surface area contributed by atoms with Crippen molar-refractivity contribution in [3.8, 4) is 0 Å². The standard InChI is InChI=1S/C14H16F3N7O/c1-23-6-5-19-12(23)13(25,14(15,16)17)3-4-18-10-9-7-22-24(2)11(9)21-8-20-10/h5-8,25H,3-4H2,1-2H3,(H,18,20,21). The molecule has 1 unspecified atom stereocenters. The van der Waals surface area contributed by atoms with Crippen molar-refractivity contribution in [3.05, 3.63) is 30.7 Å². The lowest BCUT2D eigenvalue weighted by molar-refractivity contribution is -0.271. The second kappa shape index (κ2) is 5.99. The molecule has 0 aliphatic heterocycles. The van der Waals surface area contributed by atoms with Crippen LogP contribution in [0.1, 0.15) is 12.2 Å². The van der Waals surface area contributed by atoms with Crippen LogP contribution >= 0.6 is 0 Å². The molecule has 2 N–H and O–H groups in total. The number of nitrogens with one attached hydrogen (secondary N) is 1. The molecule has 3 heterocycles. The van der Waals surface area contributed by atoms with Crippen molar-refractivity contribution in [1.29, 1.82) is 0 Å². The van der Waals surface area contributed by atoms with E-state index in [1.54, 1.807) is 7.05 Å². The van der Waals surface area contributed by atoms with Crippen molar-refractivity contribution in [2.45, 2.75) is 18.2 Å². The molecule has 1 atom stereocenters. The predicted octanol–water partition coefficient (Wildman–Crippen LogP) is 1.35. The van der Waals surface area contributed by atoms with Crippen molar-refractivity contribution in [2.24, 2.45) is 14.1 Å². The molecular weight excluding hydrogens is 339 g/mol. The zero-order valence-electron chi connectivity index (χ0n) is 13.5. The van der Waals surface area contributed by atoms with Gasteiger partial charge in [-0.1, -0.05) is 0 Å². The van der Waals surface area contributed by atoms with Gasteiger partial charge in [0.15, 0.2) is 5.65 Å².